The molecule has 0 saturated carbocycles. The minimum Gasteiger partial charge on any atom is -0.506 e. The normalized spacial score (nSPS) is 14.1. The molecule has 2 rings (SSSR count). The number of anilines is 1. The first kappa shape index (κ1) is 10.3. The first-order chi connectivity index (χ1) is 6.70. The van der Waals surface area contributed by atoms with Crippen LogP contribution in [0.3, 0.4) is 0 Å². The summed E-state index contributed by atoms with van der Waals surface area (Å²) < 4.78 is 0. The number of aromatic hydroxyl groups is 1. The quantitative estimate of drug-likeness (QED) is 0.346. The molecule has 1 aromatic rings. The molecule has 1 aromatic carbocycles. The number of hydrazine groups is 1. The van der Waals surface area contributed by atoms with Gasteiger partial charge in [0, 0.05) is 13.0 Å². The molecule has 0 aliphatic carbocycles. The lowest BCUT2D eigenvalue weighted by Crippen LogP contribution is -2.25. The average Bonchev–Trinajstić information content (AvgIpc) is 2.63. The van der Waals surface area contributed by atoms with Gasteiger partial charge in [-0.15, -0.1) is 0 Å². The molecule has 1 heterocycles. The van der Waals surface area contributed by atoms with Crippen LogP contribution in [0, 0.1) is 0 Å². The molecule has 1 fully saturated rings. The third-order valence-corrected chi connectivity index (χ3v) is 1.64. The number of amides is 1. The number of nitrogens with two attached hydrogens (primary N) is 1. The summed E-state index contributed by atoms with van der Waals surface area (Å²) in [5.41, 5.74) is 10.8. The molecule has 5 nitrogen and oxygen atoms in total. The van der Waals surface area contributed by atoms with Crippen LogP contribution in [0.2, 0.25) is 0 Å². The van der Waals surface area contributed by atoms with Crippen LogP contribution in [0.25, 0.3) is 0 Å². The first-order valence-electron chi connectivity index (χ1n) is 4.25. The van der Waals surface area contributed by atoms with Crippen molar-refractivity contribution in [2.24, 2.45) is 0 Å². The van der Waals surface area contributed by atoms with Gasteiger partial charge in [0.25, 0.3) is 0 Å². The number of rotatable bonds is 0. The summed E-state index contributed by atoms with van der Waals surface area (Å²) in [7, 11) is 0. The van der Waals surface area contributed by atoms with Crippen molar-refractivity contribution in [3.05, 3.63) is 24.3 Å². The van der Waals surface area contributed by atoms with Gasteiger partial charge in [0.1, 0.15) is 5.75 Å². The van der Waals surface area contributed by atoms with Crippen molar-refractivity contribution in [3.8, 4) is 5.75 Å². The molecule has 1 amide bonds. The lowest BCUT2D eigenvalue weighted by atomic mass is 10.3. The number of hydrogen-bond acceptors (Lipinski definition) is 4. The van der Waals surface area contributed by atoms with Crippen molar-refractivity contribution < 1.29 is 9.90 Å². The maximum atomic E-state index is 10.1. The third-order valence-electron chi connectivity index (χ3n) is 1.64. The number of carbonyl (C=O) groups is 1. The molecule has 1 saturated heterocycles. The van der Waals surface area contributed by atoms with Gasteiger partial charge in [-0.25, -0.2) is 5.43 Å². The van der Waals surface area contributed by atoms with Crippen molar-refractivity contribution in [2.45, 2.75) is 6.42 Å². The molecule has 0 bridgehead atoms. The molecule has 0 unspecified atom stereocenters. The number of phenolic OH excluding ortho intramolecular Hbond substituents is 1. The number of nitrogen functional groups attached to an aromatic ring is 1. The van der Waals surface area contributed by atoms with Crippen molar-refractivity contribution in [3.63, 3.8) is 0 Å². The van der Waals surface area contributed by atoms with Crippen LogP contribution in [0.1, 0.15) is 6.42 Å². The predicted octanol–water partition coefficient (Wildman–Crippen LogP) is -0.0147. The Morgan fingerprint density at radius 1 is 1.36 bits per heavy atom. The van der Waals surface area contributed by atoms with Gasteiger partial charge in [0.2, 0.25) is 5.91 Å². The van der Waals surface area contributed by atoms with E-state index in [-0.39, 0.29) is 11.7 Å². The number of phenols is 1. The van der Waals surface area contributed by atoms with E-state index in [0.717, 1.165) is 6.54 Å². The second kappa shape index (κ2) is 5.08. The van der Waals surface area contributed by atoms with Crippen molar-refractivity contribution in [2.75, 3.05) is 12.3 Å². The maximum Gasteiger partial charge on any atom is 0.235 e. The minimum absolute atomic E-state index is 0.0926. The van der Waals surface area contributed by atoms with Gasteiger partial charge >= 0.3 is 0 Å². The molecule has 0 atom stereocenters. The van der Waals surface area contributed by atoms with Gasteiger partial charge in [-0.05, 0) is 12.1 Å². The Balaban J connectivity index is 0.000000146. The summed E-state index contributed by atoms with van der Waals surface area (Å²) >= 11 is 0. The summed E-state index contributed by atoms with van der Waals surface area (Å²) in [6, 6.07) is 6.70. The summed E-state index contributed by atoms with van der Waals surface area (Å²) in [5.74, 6) is 0.238. The third kappa shape index (κ3) is 3.32. The van der Waals surface area contributed by atoms with E-state index in [1.165, 1.54) is 0 Å². The van der Waals surface area contributed by atoms with Gasteiger partial charge in [-0.2, -0.15) is 0 Å². The van der Waals surface area contributed by atoms with Crippen LogP contribution < -0.4 is 16.6 Å². The van der Waals surface area contributed by atoms with Crippen LogP contribution in [0.5, 0.6) is 5.75 Å². The molecule has 5 N–H and O–H groups in total. The Morgan fingerprint density at radius 3 is 2.36 bits per heavy atom. The minimum atomic E-state index is 0.0926. The molecule has 14 heavy (non-hydrogen) atoms. The molecular weight excluding hydrogens is 182 g/mol. The monoisotopic (exact) mass is 195 g/mol. The summed E-state index contributed by atoms with van der Waals surface area (Å²) in [4.78, 5) is 10.1. The molecule has 0 spiro atoms. The number of para-hydroxylation sites is 2. The number of benzene rings is 1. The van der Waals surface area contributed by atoms with Crippen LogP contribution in [-0.4, -0.2) is 17.6 Å². The van der Waals surface area contributed by atoms with Crippen molar-refractivity contribution >= 4 is 11.6 Å². The zero-order valence-electron chi connectivity index (χ0n) is 7.66. The van der Waals surface area contributed by atoms with E-state index in [0.29, 0.717) is 12.1 Å². The molecule has 0 radical (unpaired) electrons. The lowest BCUT2D eigenvalue weighted by molar-refractivity contribution is -0.119. The predicted molar refractivity (Wildman–Crippen MR) is 53.3 cm³/mol. The van der Waals surface area contributed by atoms with Crippen molar-refractivity contribution in [1.82, 2.24) is 10.9 Å². The Labute approximate surface area is 81.9 Å². The lowest BCUT2D eigenvalue weighted by Gasteiger charge is -1.92. The van der Waals surface area contributed by atoms with Crippen LogP contribution in [-0.2, 0) is 4.79 Å². The van der Waals surface area contributed by atoms with E-state index in [4.69, 9.17) is 10.8 Å². The Bertz CT molecular complexity index is 286. The summed E-state index contributed by atoms with van der Waals surface area (Å²) in [6.07, 6.45) is 0.625. The van der Waals surface area contributed by atoms with E-state index >= 15 is 0 Å². The smallest absolute Gasteiger partial charge is 0.235 e. The van der Waals surface area contributed by atoms with Gasteiger partial charge in [0.05, 0.1) is 5.69 Å². The van der Waals surface area contributed by atoms with E-state index in [9.17, 15) is 4.79 Å². The zero-order chi connectivity index (χ0) is 10.4. The van der Waals surface area contributed by atoms with E-state index in [2.05, 4.69) is 10.9 Å². The second-order valence-corrected chi connectivity index (χ2v) is 2.78. The fraction of sp³-hybridized carbons (Fsp3) is 0.222. The Kier molecular flexibility index (Phi) is 3.75. The first-order valence-corrected chi connectivity index (χ1v) is 4.25. The van der Waals surface area contributed by atoms with Gasteiger partial charge in [-0.1, -0.05) is 12.1 Å². The van der Waals surface area contributed by atoms with E-state index in [1.54, 1.807) is 24.3 Å². The standard InChI is InChI=1S/C6H7NO.C3H6N2O/c7-5-3-1-2-4-6(5)8;6-3-1-2-4-5-3/h1-4,8H,7H2;4H,1-2H2,(H,5,6). The number of carbonyl (C=O) groups excluding carboxylic acids is 1. The molecule has 1 aliphatic rings. The SMILES string of the molecule is Nc1ccccc1O.O=C1CCNN1. The largest absolute Gasteiger partial charge is 0.506 e. The zero-order valence-corrected chi connectivity index (χ0v) is 7.66. The average molecular weight is 195 g/mol. The summed E-state index contributed by atoms with van der Waals surface area (Å²) in [6.45, 7) is 0.777. The van der Waals surface area contributed by atoms with Crippen LogP contribution in [0.4, 0.5) is 5.69 Å². The highest BCUT2D eigenvalue weighted by atomic mass is 16.3. The fourth-order valence-electron chi connectivity index (χ4n) is 0.887. The Hall–Kier alpha value is -1.75. The fourth-order valence-corrected chi connectivity index (χ4v) is 0.887. The Morgan fingerprint density at radius 2 is 2.07 bits per heavy atom. The van der Waals surface area contributed by atoms with Crippen molar-refractivity contribution in [1.29, 1.82) is 0 Å². The summed E-state index contributed by atoms with van der Waals surface area (Å²) in [5, 5.41) is 8.79. The molecule has 5 heteroatoms. The highest BCUT2D eigenvalue weighted by molar-refractivity contribution is 5.77. The highest BCUT2D eigenvalue weighted by Crippen LogP contribution is 2.16. The highest BCUT2D eigenvalue weighted by Gasteiger charge is 2.04. The van der Waals surface area contributed by atoms with Gasteiger partial charge in [0.15, 0.2) is 0 Å². The molecule has 0 aromatic heterocycles. The van der Waals surface area contributed by atoms with Gasteiger partial charge in [-0.3, -0.25) is 10.2 Å². The molecule has 76 valence electrons. The van der Waals surface area contributed by atoms with Gasteiger partial charge < -0.3 is 10.8 Å². The van der Waals surface area contributed by atoms with E-state index in [1.807, 2.05) is 0 Å². The van der Waals surface area contributed by atoms with Crippen LogP contribution in [0.15, 0.2) is 24.3 Å². The van der Waals surface area contributed by atoms with Crippen LogP contribution >= 0.6 is 0 Å². The molecular formula is C9H13N3O2. The topological polar surface area (TPSA) is 87.4 Å². The maximum absolute atomic E-state index is 10.1. The number of hydrogen-bond donors (Lipinski definition) is 4. The van der Waals surface area contributed by atoms with E-state index < -0.39 is 0 Å². The molecule has 1 aliphatic heterocycles. The second-order valence-electron chi connectivity index (χ2n) is 2.78. The number of nitrogens with one attached hydrogen (secondary N) is 2.